The smallest absolute Gasteiger partial charge is 0.187 e. The molecule has 3 rings (SSSR count). The molecule has 0 bridgehead atoms. The highest BCUT2D eigenvalue weighted by Gasteiger charge is 2.35. The number of hydrogen-bond acceptors (Lipinski definition) is 4. The number of aliphatic imine (C=N–C) groups is 1. The molecule has 82 valence electrons. The zero-order chi connectivity index (χ0) is 11.0. The van der Waals surface area contributed by atoms with Crippen molar-refractivity contribution >= 4 is 5.90 Å². The molecule has 0 fully saturated rings. The van der Waals surface area contributed by atoms with Crippen LogP contribution in [0.25, 0.3) is 0 Å². The molecule has 4 heteroatoms. The number of nitrogens with zero attached hydrogens (tertiary/aromatic N) is 1. The van der Waals surface area contributed by atoms with Crippen molar-refractivity contribution in [1.29, 1.82) is 0 Å². The summed E-state index contributed by atoms with van der Waals surface area (Å²) < 4.78 is 16.4. The Morgan fingerprint density at radius 2 is 1.75 bits per heavy atom. The van der Waals surface area contributed by atoms with E-state index in [1.807, 2.05) is 31.2 Å². The van der Waals surface area contributed by atoms with Gasteiger partial charge in [0.2, 0.25) is 0 Å². The Balaban J connectivity index is 1.96. The fraction of sp³-hybridized carbons (Fsp3) is 0.250. The molecule has 3 heterocycles. The summed E-state index contributed by atoms with van der Waals surface area (Å²) in [6.45, 7) is 1.83. The van der Waals surface area contributed by atoms with Crippen LogP contribution in [0.4, 0.5) is 0 Å². The molecule has 2 unspecified atom stereocenters. The highest BCUT2D eigenvalue weighted by Crippen LogP contribution is 2.40. The van der Waals surface area contributed by atoms with Gasteiger partial charge in [-0.3, -0.25) is 0 Å². The zero-order valence-corrected chi connectivity index (χ0v) is 8.79. The second kappa shape index (κ2) is 3.56. The maximum absolute atomic E-state index is 5.64. The van der Waals surface area contributed by atoms with Crippen LogP contribution in [0.1, 0.15) is 30.6 Å². The second-order valence-electron chi connectivity index (χ2n) is 3.66. The summed E-state index contributed by atoms with van der Waals surface area (Å²) >= 11 is 0. The van der Waals surface area contributed by atoms with Crippen molar-refractivity contribution in [2.75, 3.05) is 0 Å². The molecule has 0 aromatic carbocycles. The molecule has 0 N–H and O–H groups in total. The molecular weight excluding hydrogens is 206 g/mol. The SMILES string of the molecule is CC1=NC(c2ccco2)C(c2ccco2)O1. The van der Waals surface area contributed by atoms with Gasteiger partial charge in [-0.1, -0.05) is 0 Å². The molecule has 0 aliphatic carbocycles. The first-order valence-electron chi connectivity index (χ1n) is 5.12. The van der Waals surface area contributed by atoms with Gasteiger partial charge in [0, 0.05) is 6.92 Å². The lowest BCUT2D eigenvalue weighted by molar-refractivity contribution is 0.156. The topological polar surface area (TPSA) is 47.9 Å². The lowest BCUT2D eigenvalue weighted by atomic mass is 10.1. The molecule has 2 aromatic heterocycles. The molecule has 2 atom stereocenters. The largest absolute Gasteiger partial charge is 0.467 e. The van der Waals surface area contributed by atoms with Crippen molar-refractivity contribution in [2.45, 2.75) is 19.1 Å². The highest BCUT2D eigenvalue weighted by atomic mass is 16.5. The average Bonchev–Trinajstić information content (AvgIpc) is 2.98. The van der Waals surface area contributed by atoms with Crippen LogP contribution in [0, 0.1) is 0 Å². The number of ether oxygens (including phenoxy) is 1. The summed E-state index contributed by atoms with van der Waals surface area (Å²) in [4.78, 5) is 4.41. The van der Waals surface area contributed by atoms with Crippen LogP contribution in [0.15, 0.2) is 50.6 Å². The van der Waals surface area contributed by atoms with Gasteiger partial charge in [0.25, 0.3) is 0 Å². The minimum absolute atomic E-state index is 0.152. The molecule has 2 aromatic rings. The van der Waals surface area contributed by atoms with Crippen LogP contribution in [0.2, 0.25) is 0 Å². The van der Waals surface area contributed by atoms with Crippen molar-refractivity contribution in [3.63, 3.8) is 0 Å². The molecule has 1 aliphatic heterocycles. The van der Waals surface area contributed by atoms with Crippen LogP contribution in [-0.2, 0) is 4.74 Å². The summed E-state index contributed by atoms with van der Waals surface area (Å²) in [7, 11) is 0. The van der Waals surface area contributed by atoms with Gasteiger partial charge < -0.3 is 13.6 Å². The third-order valence-corrected chi connectivity index (χ3v) is 2.56. The fourth-order valence-corrected chi connectivity index (χ4v) is 1.88. The Hall–Kier alpha value is -1.97. The molecular formula is C12H11NO3. The summed E-state index contributed by atoms with van der Waals surface area (Å²) in [5, 5.41) is 0. The third kappa shape index (κ3) is 1.43. The average molecular weight is 217 g/mol. The van der Waals surface area contributed by atoms with Gasteiger partial charge in [0.15, 0.2) is 18.0 Å². The van der Waals surface area contributed by atoms with Crippen LogP contribution < -0.4 is 0 Å². The van der Waals surface area contributed by atoms with Gasteiger partial charge in [0.05, 0.1) is 12.5 Å². The number of furan rings is 2. The van der Waals surface area contributed by atoms with E-state index in [9.17, 15) is 0 Å². The Morgan fingerprint density at radius 1 is 1.06 bits per heavy atom. The van der Waals surface area contributed by atoms with Gasteiger partial charge in [-0.25, -0.2) is 4.99 Å². The van der Waals surface area contributed by atoms with Crippen molar-refractivity contribution in [1.82, 2.24) is 0 Å². The van der Waals surface area contributed by atoms with E-state index in [4.69, 9.17) is 13.6 Å². The summed E-state index contributed by atoms with van der Waals surface area (Å²) in [5.74, 6) is 2.21. The monoisotopic (exact) mass is 217 g/mol. The first-order chi connectivity index (χ1) is 7.84. The first-order valence-corrected chi connectivity index (χ1v) is 5.12. The molecule has 0 spiro atoms. The van der Waals surface area contributed by atoms with Crippen LogP contribution >= 0.6 is 0 Å². The van der Waals surface area contributed by atoms with Crippen LogP contribution in [0.5, 0.6) is 0 Å². The predicted octanol–water partition coefficient (Wildman–Crippen LogP) is 3.10. The second-order valence-corrected chi connectivity index (χ2v) is 3.66. The molecule has 0 radical (unpaired) electrons. The van der Waals surface area contributed by atoms with E-state index in [1.165, 1.54) is 0 Å². The molecule has 0 amide bonds. The van der Waals surface area contributed by atoms with Crippen molar-refractivity contribution < 1.29 is 13.6 Å². The minimum Gasteiger partial charge on any atom is -0.467 e. The Labute approximate surface area is 92.5 Å². The first kappa shape index (κ1) is 9.27. The Bertz CT molecular complexity index is 484. The maximum Gasteiger partial charge on any atom is 0.187 e. The lowest BCUT2D eigenvalue weighted by Gasteiger charge is -2.12. The normalized spacial score (nSPS) is 24.2. The summed E-state index contributed by atoms with van der Waals surface area (Å²) in [5.41, 5.74) is 0. The van der Waals surface area contributed by atoms with Gasteiger partial charge in [-0.15, -0.1) is 0 Å². The standard InChI is InChI=1S/C12H11NO3/c1-8-13-11(9-4-2-6-14-9)12(16-8)10-5-3-7-15-10/h2-7,11-12H,1H3. The number of rotatable bonds is 2. The molecule has 16 heavy (non-hydrogen) atoms. The predicted molar refractivity (Wildman–Crippen MR) is 57.1 cm³/mol. The van der Waals surface area contributed by atoms with Crippen molar-refractivity contribution in [3.8, 4) is 0 Å². The zero-order valence-electron chi connectivity index (χ0n) is 8.79. The summed E-state index contributed by atoms with van der Waals surface area (Å²) in [6.07, 6.45) is 3.05. The van der Waals surface area contributed by atoms with Crippen LogP contribution in [0.3, 0.4) is 0 Å². The van der Waals surface area contributed by atoms with Crippen molar-refractivity contribution in [3.05, 3.63) is 48.3 Å². The van der Waals surface area contributed by atoms with Gasteiger partial charge >= 0.3 is 0 Å². The van der Waals surface area contributed by atoms with Crippen molar-refractivity contribution in [2.24, 2.45) is 4.99 Å². The van der Waals surface area contributed by atoms with Gasteiger partial charge in [-0.05, 0) is 24.3 Å². The quantitative estimate of drug-likeness (QED) is 0.776. The molecule has 0 saturated heterocycles. The fourth-order valence-electron chi connectivity index (χ4n) is 1.88. The molecule has 0 saturated carbocycles. The molecule has 1 aliphatic rings. The van der Waals surface area contributed by atoms with E-state index < -0.39 is 0 Å². The third-order valence-electron chi connectivity index (χ3n) is 2.56. The van der Waals surface area contributed by atoms with E-state index in [0.29, 0.717) is 5.90 Å². The summed E-state index contributed by atoms with van der Waals surface area (Å²) in [6, 6.07) is 7.31. The van der Waals surface area contributed by atoms with Gasteiger partial charge in [-0.2, -0.15) is 0 Å². The maximum atomic E-state index is 5.64. The van der Waals surface area contributed by atoms with E-state index >= 15 is 0 Å². The highest BCUT2D eigenvalue weighted by molar-refractivity contribution is 5.75. The minimum atomic E-state index is -0.221. The van der Waals surface area contributed by atoms with E-state index in [2.05, 4.69) is 4.99 Å². The van der Waals surface area contributed by atoms with E-state index in [-0.39, 0.29) is 12.1 Å². The van der Waals surface area contributed by atoms with Gasteiger partial charge in [0.1, 0.15) is 11.5 Å². The van der Waals surface area contributed by atoms with E-state index in [1.54, 1.807) is 12.5 Å². The Kier molecular flexibility index (Phi) is 2.06. The molecule has 4 nitrogen and oxygen atoms in total. The van der Waals surface area contributed by atoms with Crippen LogP contribution in [-0.4, -0.2) is 5.90 Å². The Morgan fingerprint density at radius 3 is 2.38 bits per heavy atom. The number of hydrogen-bond donors (Lipinski definition) is 0. The van der Waals surface area contributed by atoms with E-state index in [0.717, 1.165) is 11.5 Å². The lowest BCUT2D eigenvalue weighted by Crippen LogP contribution is -2.06.